The Morgan fingerprint density at radius 3 is 2.50 bits per heavy atom. The Hall–Kier alpha value is -2.30. The van der Waals surface area contributed by atoms with Crippen LogP contribution >= 0.6 is 0 Å². The number of ether oxygens (including phenoxy) is 1. The molecule has 0 spiro atoms. The molecule has 0 aliphatic heterocycles. The molecule has 0 unspecified atom stereocenters. The number of carbonyl (C=O) groups excluding carboxylic acids is 2. The SMILES string of the molecule is CCNC(=O)/C(=C/C(=O)OC)Nc1ccc(C)c(C)c1. The quantitative estimate of drug-likeness (QED) is 0.637. The summed E-state index contributed by atoms with van der Waals surface area (Å²) in [4.78, 5) is 23.2. The first-order valence-corrected chi connectivity index (χ1v) is 6.40. The van der Waals surface area contributed by atoms with E-state index in [0.717, 1.165) is 22.9 Å². The minimum Gasteiger partial charge on any atom is -0.466 e. The van der Waals surface area contributed by atoms with Gasteiger partial charge in [-0.2, -0.15) is 0 Å². The molecule has 108 valence electrons. The van der Waals surface area contributed by atoms with Crippen molar-refractivity contribution in [3.05, 3.63) is 41.1 Å². The summed E-state index contributed by atoms with van der Waals surface area (Å²) in [7, 11) is 1.27. The highest BCUT2D eigenvalue weighted by Gasteiger charge is 2.11. The fourth-order valence-electron chi connectivity index (χ4n) is 1.57. The van der Waals surface area contributed by atoms with Gasteiger partial charge in [0.15, 0.2) is 0 Å². The van der Waals surface area contributed by atoms with Crippen LogP contribution in [-0.2, 0) is 14.3 Å². The maximum atomic E-state index is 11.9. The Labute approximate surface area is 119 Å². The molecule has 0 saturated carbocycles. The second-order valence-electron chi connectivity index (χ2n) is 4.36. The molecule has 0 aromatic heterocycles. The van der Waals surface area contributed by atoms with Crippen LogP contribution in [0.25, 0.3) is 0 Å². The number of esters is 1. The molecular weight excluding hydrogens is 256 g/mol. The topological polar surface area (TPSA) is 67.4 Å². The van der Waals surface area contributed by atoms with Crippen LogP contribution in [0.15, 0.2) is 30.0 Å². The van der Waals surface area contributed by atoms with E-state index in [1.165, 1.54) is 7.11 Å². The summed E-state index contributed by atoms with van der Waals surface area (Å²) in [5.41, 5.74) is 3.16. The van der Waals surface area contributed by atoms with Crippen molar-refractivity contribution in [3.63, 3.8) is 0 Å². The Morgan fingerprint density at radius 1 is 1.25 bits per heavy atom. The highest BCUT2D eigenvalue weighted by atomic mass is 16.5. The third kappa shape index (κ3) is 4.42. The lowest BCUT2D eigenvalue weighted by molar-refractivity contribution is -0.135. The number of likely N-dealkylation sites (N-methyl/N-ethyl adjacent to an activating group) is 1. The normalized spacial score (nSPS) is 10.9. The molecule has 0 atom stereocenters. The van der Waals surface area contributed by atoms with Crippen LogP contribution in [0.3, 0.4) is 0 Å². The Bertz CT molecular complexity index is 536. The van der Waals surface area contributed by atoms with Crippen LogP contribution in [0, 0.1) is 13.8 Å². The maximum Gasteiger partial charge on any atom is 0.332 e. The summed E-state index contributed by atoms with van der Waals surface area (Å²) in [5.74, 6) is -0.932. The molecule has 1 rings (SSSR count). The van der Waals surface area contributed by atoms with Gasteiger partial charge in [-0.15, -0.1) is 0 Å². The molecule has 0 saturated heterocycles. The van der Waals surface area contributed by atoms with Gasteiger partial charge in [0, 0.05) is 12.2 Å². The summed E-state index contributed by atoms with van der Waals surface area (Å²) in [6, 6.07) is 5.72. The number of aryl methyl sites for hydroxylation is 2. The number of hydrogen-bond acceptors (Lipinski definition) is 4. The first-order valence-electron chi connectivity index (χ1n) is 6.40. The van der Waals surface area contributed by atoms with E-state index in [2.05, 4.69) is 15.4 Å². The van der Waals surface area contributed by atoms with Crippen LogP contribution in [0.5, 0.6) is 0 Å². The highest BCUT2D eigenvalue weighted by Crippen LogP contribution is 2.16. The van der Waals surface area contributed by atoms with Crippen molar-refractivity contribution in [1.29, 1.82) is 0 Å². The van der Waals surface area contributed by atoms with Gasteiger partial charge >= 0.3 is 5.97 Å². The second kappa shape index (κ2) is 7.33. The summed E-state index contributed by atoms with van der Waals surface area (Å²) in [5, 5.41) is 5.59. The molecule has 1 aromatic carbocycles. The van der Waals surface area contributed by atoms with Crippen LogP contribution in [0.1, 0.15) is 18.1 Å². The van der Waals surface area contributed by atoms with Crippen molar-refractivity contribution in [2.24, 2.45) is 0 Å². The highest BCUT2D eigenvalue weighted by molar-refractivity contribution is 6.01. The standard InChI is InChI=1S/C15H20N2O3/c1-5-16-15(19)13(9-14(18)20-4)17-12-7-6-10(2)11(3)8-12/h6-9,17H,5H2,1-4H3,(H,16,19)/b13-9-. The molecular formula is C15H20N2O3. The number of methoxy groups -OCH3 is 1. The van der Waals surface area contributed by atoms with Gasteiger partial charge < -0.3 is 15.4 Å². The van der Waals surface area contributed by atoms with E-state index < -0.39 is 5.97 Å². The molecule has 5 nitrogen and oxygen atoms in total. The summed E-state index contributed by atoms with van der Waals surface area (Å²) >= 11 is 0. The first-order chi connectivity index (χ1) is 9.47. The van der Waals surface area contributed by atoms with Crippen molar-refractivity contribution in [2.75, 3.05) is 19.0 Å². The fourth-order valence-corrected chi connectivity index (χ4v) is 1.57. The molecule has 0 aliphatic rings. The average Bonchev–Trinajstić information content (AvgIpc) is 2.42. The Balaban J connectivity index is 2.99. The lowest BCUT2D eigenvalue weighted by Gasteiger charge is -2.12. The minimum atomic E-state index is -0.581. The van der Waals surface area contributed by atoms with Crippen molar-refractivity contribution in [1.82, 2.24) is 5.32 Å². The van der Waals surface area contributed by atoms with E-state index in [-0.39, 0.29) is 11.6 Å². The Morgan fingerprint density at radius 2 is 1.95 bits per heavy atom. The number of carbonyl (C=O) groups is 2. The zero-order chi connectivity index (χ0) is 15.1. The van der Waals surface area contributed by atoms with E-state index in [9.17, 15) is 9.59 Å². The van der Waals surface area contributed by atoms with Crippen molar-refractivity contribution in [2.45, 2.75) is 20.8 Å². The van der Waals surface area contributed by atoms with Crippen molar-refractivity contribution in [3.8, 4) is 0 Å². The Kier molecular flexibility index (Phi) is 5.77. The molecule has 0 aliphatic carbocycles. The number of amides is 1. The monoisotopic (exact) mass is 276 g/mol. The summed E-state index contributed by atoms with van der Waals surface area (Å²) in [6.45, 7) is 6.28. The van der Waals surface area contributed by atoms with Crippen LogP contribution in [0.2, 0.25) is 0 Å². The second-order valence-corrected chi connectivity index (χ2v) is 4.36. The number of hydrogen-bond donors (Lipinski definition) is 2. The molecule has 0 fully saturated rings. The number of benzene rings is 1. The third-order valence-electron chi connectivity index (χ3n) is 2.83. The van der Waals surface area contributed by atoms with E-state index >= 15 is 0 Å². The molecule has 1 aromatic rings. The van der Waals surface area contributed by atoms with Gasteiger partial charge in [-0.1, -0.05) is 6.07 Å². The van der Waals surface area contributed by atoms with E-state index in [0.29, 0.717) is 6.54 Å². The smallest absolute Gasteiger partial charge is 0.332 e. The molecule has 20 heavy (non-hydrogen) atoms. The molecule has 0 bridgehead atoms. The van der Waals surface area contributed by atoms with Gasteiger partial charge in [-0.25, -0.2) is 4.79 Å². The fraction of sp³-hybridized carbons (Fsp3) is 0.333. The van der Waals surface area contributed by atoms with Gasteiger partial charge in [0.25, 0.3) is 5.91 Å². The number of rotatable bonds is 5. The molecule has 1 amide bonds. The van der Waals surface area contributed by atoms with Crippen LogP contribution in [-0.4, -0.2) is 25.5 Å². The zero-order valence-electron chi connectivity index (χ0n) is 12.2. The first kappa shape index (κ1) is 15.8. The zero-order valence-corrected chi connectivity index (χ0v) is 12.2. The summed E-state index contributed by atoms with van der Waals surface area (Å²) < 4.78 is 4.55. The van der Waals surface area contributed by atoms with Crippen molar-refractivity contribution >= 4 is 17.6 Å². The van der Waals surface area contributed by atoms with E-state index in [4.69, 9.17) is 0 Å². The van der Waals surface area contributed by atoms with Gasteiger partial charge in [0.1, 0.15) is 5.70 Å². The van der Waals surface area contributed by atoms with E-state index in [1.807, 2.05) is 39.0 Å². The van der Waals surface area contributed by atoms with Crippen LogP contribution in [0.4, 0.5) is 5.69 Å². The molecule has 5 heteroatoms. The molecule has 2 N–H and O–H groups in total. The van der Waals surface area contributed by atoms with E-state index in [1.54, 1.807) is 0 Å². The van der Waals surface area contributed by atoms with Gasteiger partial charge in [0.2, 0.25) is 0 Å². The van der Waals surface area contributed by atoms with Crippen LogP contribution < -0.4 is 10.6 Å². The predicted octanol–water partition coefficient (Wildman–Crippen LogP) is 1.91. The predicted molar refractivity (Wildman–Crippen MR) is 78.3 cm³/mol. The van der Waals surface area contributed by atoms with Gasteiger partial charge in [-0.3, -0.25) is 4.79 Å². The third-order valence-corrected chi connectivity index (χ3v) is 2.83. The lowest BCUT2D eigenvalue weighted by Crippen LogP contribution is -2.28. The number of nitrogens with one attached hydrogen (secondary N) is 2. The average molecular weight is 276 g/mol. The molecule has 0 radical (unpaired) electrons. The van der Waals surface area contributed by atoms with Gasteiger partial charge in [0.05, 0.1) is 13.2 Å². The van der Waals surface area contributed by atoms with Crippen molar-refractivity contribution < 1.29 is 14.3 Å². The minimum absolute atomic E-state index is 0.155. The lowest BCUT2D eigenvalue weighted by atomic mass is 10.1. The molecule has 0 heterocycles. The van der Waals surface area contributed by atoms with Gasteiger partial charge in [-0.05, 0) is 44.0 Å². The number of anilines is 1. The largest absolute Gasteiger partial charge is 0.466 e. The maximum absolute atomic E-state index is 11.9. The summed E-state index contributed by atoms with van der Waals surface area (Å²) in [6.07, 6.45) is 1.14.